The van der Waals surface area contributed by atoms with Gasteiger partial charge in [0.05, 0.1) is 11.3 Å². The van der Waals surface area contributed by atoms with Crippen LogP contribution in [0.2, 0.25) is 0 Å². The van der Waals surface area contributed by atoms with Crippen molar-refractivity contribution in [3.63, 3.8) is 0 Å². The van der Waals surface area contributed by atoms with Crippen LogP contribution < -0.4 is 0 Å². The first-order valence-electron chi connectivity index (χ1n) is 6.52. The summed E-state index contributed by atoms with van der Waals surface area (Å²) >= 11 is 0. The monoisotopic (exact) mass is 241 g/mol. The lowest BCUT2D eigenvalue weighted by Crippen LogP contribution is -1.93. The van der Waals surface area contributed by atoms with Gasteiger partial charge >= 0.3 is 0 Å². The highest BCUT2D eigenvalue weighted by atomic mass is 16.1. The first-order valence-corrected chi connectivity index (χ1v) is 6.52. The summed E-state index contributed by atoms with van der Waals surface area (Å²) in [6.45, 7) is 3.71. The van der Waals surface area contributed by atoms with Gasteiger partial charge in [-0.25, -0.2) is 4.79 Å². The quantitative estimate of drug-likeness (QED) is 0.470. The summed E-state index contributed by atoms with van der Waals surface area (Å²) < 4.78 is 0. The molecule has 94 valence electrons. The Labute approximate surface area is 109 Å². The van der Waals surface area contributed by atoms with Gasteiger partial charge < -0.3 is 0 Å². The highest BCUT2D eigenvalue weighted by Crippen LogP contribution is 2.38. The van der Waals surface area contributed by atoms with Crippen LogP contribution in [0.25, 0.3) is 0 Å². The first kappa shape index (κ1) is 12.8. The highest BCUT2D eigenvalue weighted by Gasteiger charge is 2.25. The van der Waals surface area contributed by atoms with Crippen LogP contribution in [0.15, 0.2) is 46.6 Å². The predicted octanol–water partition coefficient (Wildman–Crippen LogP) is 3.65. The van der Waals surface area contributed by atoms with E-state index in [0.717, 1.165) is 17.4 Å². The summed E-state index contributed by atoms with van der Waals surface area (Å²) in [4.78, 5) is 14.4. The number of carbonyl (C=O) groups excluding carboxylic acids is 1. The molecule has 2 unspecified atom stereocenters. The third kappa shape index (κ3) is 3.18. The van der Waals surface area contributed by atoms with Gasteiger partial charge in [0.25, 0.3) is 0 Å². The van der Waals surface area contributed by atoms with E-state index < -0.39 is 0 Å². The molecule has 1 saturated carbocycles. The second-order valence-electron chi connectivity index (χ2n) is 5.15. The van der Waals surface area contributed by atoms with Gasteiger partial charge in [0.2, 0.25) is 0 Å². The number of hydrogen-bond donors (Lipinski definition) is 0. The Kier molecular flexibility index (Phi) is 4.11. The predicted molar refractivity (Wildman–Crippen MR) is 75.2 cm³/mol. The number of allylic oxidation sites excluding steroid dienone is 6. The van der Waals surface area contributed by atoms with Crippen LogP contribution in [-0.2, 0) is 4.79 Å². The smallest absolute Gasteiger partial charge is 0.134 e. The van der Waals surface area contributed by atoms with Crippen molar-refractivity contribution in [2.45, 2.75) is 33.1 Å². The maximum absolute atomic E-state index is 10.4. The van der Waals surface area contributed by atoms with Crippen molar-refractivity contribution < 1.29 is 4.79 Å². The summed E-state index contributed by atoms with van der Waals surface area (Å²) in [7, 11) is 0. The van der Waals surface area contributed by atoms with Crippen molar-refractivity contribution in [1.29, 1.82) is 0 Å². The van der Waals surface area contributed by atoms with Gasteiger partial charge in [-0.3, -0.25) is 4.99 Å². The molecule has 18 heavy (non-hydrogen) atoms. The summed E-state index contributed by atoms with van der Waals surface area (Å²) in [5.74, 6) is 3.83. The minimum absolute atomic E-state index is 0.535. The second kappa shape index (κ2) is 5.79. The fraction of sp³-hybridized carbons (Fsp3) is 0.438. The Bertz CT molecular complexity index is 475. The molecule has 2 heteroatoms. The van der Waals surface area contributed by atoms with Crippen LogP contribution in [0.1, 0.15) is 33.1 Å². The lowest BCUT2D eigenvalue weighted by atomic mass is 10.1. The molecular formula is C16H19NO. The van der Waals surface area contributed by atoms with E-state index in [1.165, 1.54) is 19.3 Å². The number of rotatable bonds is 0. The number of aliphatic imine (C=N–C) groups is 1. The maximum Gasteiger partial charge on any atom is 0.134 e. The lowest BCUT2D eigenvalue weighted by molar-refractivity contribution is 0.568. The van der Waals surface area contributed by atoms with Crippen molar-refractivity contribution >= 4 is 11.7 Å². The molecule has 1 heterocycles. The second-order valence-corrected chi connectivity index (χ2v) is 5.15. The van der Waals surface area contributed by atoms with Gasteiger partial charge in [-0.15, -0.1) is 0 Å². The van der Waals surface area contributed by atoms with Crippen molar-refractivity contribution in [2.24, 2.45) is 16.8 Å². The van der Waals surface area contributed by atoms with Crippen molar-refractivity contribution in [3.8, 4) is 0 Å². The summed E-state index contributed by atoms with van der Waals surface area (Å²) in [6.07, 6.45) is 14.5. The molecule has 0 spiro atoms. The van der Waals surface area contributed by atoms with E-state index in [4.69, 9.17) is 0 Å². The van der Waals surface area contributed by atoms with Crippen molar-refractivity contribution in [3.05, 3.63) is 41.7 Å². The summed E-state index contributed by atoms with van der Waals surface area (Å²) in [5, 5.41) is 0. The van der Waals surface area contributed by atoms with E-state index in [1.54, 1.807) is 19.2 Å². The minimum atomic E-state index is 0.535. The van der Waals surface area contributed by atoms with Crippen LogP contribution in [0.3, 0.4) is 0 Å². The molecule has 2 atom stereocenters. The molecule has 2 aliphatic carbocycles. The molecule has 0 saturated heterocycles. The Balaban J connectivity index is 0.000000146. The first-order chi connectivity index (χ1) is 8.69. The number of nitrogens with zero attached hydrogens (tertiary/aromatic N) is 1. The average molecular weight is 241 g/mol. The van der Waals surface area contributed by atoms with E-state index in [0.29, 0.717) is 11.3 Å². The summed E-state index contributed by atoms with van der Waals surface area (Å²) in [5.41, 5.74) is 2.27. The van der Waals surface area contributed by atoms with E-state index in [9.17, 15) is 4.79 Å². The molecule has 0 aromatic heterocycles. The fourth-order valence-electron chi connectivity index (χ4n) is 2.54. The number of hydrogen-bond acceptors (Lipinski definition) is 2. The molecule has 0 radical (unpaired) electrons. The number of fused-ring (bicyclic) bond motifs is 2. The topological polar surface area (TPSA) is 29.4 Å². The Hall–Kier alpha value is -1.66. The van der Waals surface area contributed by atoms with Gasteiger partial charge in [0.1, 0.15) is 5.94 Å². The largest absolute Gasteiger partial charge is 0.260 e. The zero-order valence-electron chi connectivity index (χ0n) is 11.0. The van der Waals surface area contributed by atoms with Gasteiger partial charge in [-0.05, 0) is 62.7 Å². The van der Waals surface area contributed by atoms with Crippen molar-refractivity contribution in [2.75, 3.05) is 0 Å². The van der Waals surface area contributed by atoms with E-state index in [-0.39, 0.29) is 0 Å². The molecule has 3 aliphatic rings. The average Bonchev–Trinajstić information content (AvgIpc) is 2.97. The van der Waals surface area contributed by atoms with Gasteiger partial charge in [0.15, 0.2) is 0 Å². The van der Waals surface area contributed by atoms with Crippen molar-refractivity contribution in [1.82, 2.24) is 0 Å². The zero-order chi connectivity index (χ0) is 13.0. The molecular weight excluding hydrogens is 222 g/mol. The van der Waals surface area contributed by atoms with Gasteiger partial charge in [0, 0.05) is 6.20 Å². The van der Waals surface area contributed by atoms with E-state index >= 15 is 0 Å². The molecule has 0 aromatic rings. The van der Waals surface area contributed by atoms with Crippen LogP contribution >= 0.6 is 0 Å². The Morgan fingerprint density at radius 1 is 1.22 bits per heavy atom. The zero-order valence-corrected chi connectivity index (χ0v) is 11.0. The fourth-order valence-corrected chi connectivity index (χ4v) is 2.54. The van der Waals surface area contributed by atoms with Crippen LogP contribution in [0, 0.1) is 11.8 Å². The standard InChI is InChI=1S/C9H9NO.C7H10/c1-7-3-4-10-8(2)9(5-7)6-11;1-2-7-4-3-6(1)5-7/h3-5H,1-2H3;1-2,6-7H,3-5H2. The summed E-state index contributed by atoms with van der Waals surface area (Å²) in [6, 6.07) is 0. The van der Waals surface area contributed by atoms with Crippen LogP contribution in [0.5, 0.6) is 0 Å². The Morgan fingerprint density at radius 2 is 1.89 bits per heavy atom. The molecule has 3 rings (SSSR count). The van der Waals surface area contributed by atoms with E-state index in [1.807, 2.05) is 18.9 Å². The van der Waals surface area contributed by atoms with Gasteiger partial charge in [-0.1, -0.05) is 12.2 Å². The Morgan fingerprint density at radius 3 is 2.33 bits per heavy atom. The van der Waals surface area contributed by atoms with Crippen LogP contribution in [0.4, 0.5) is 0 Å². The SMILES string of the molecule is C1=CC2CCC1C2.CC1=CC(=C=O)C(C)=NC=C1. The minimum Gasteiger partial charge on any atom is -0.260 e. The van der Waals surface area contributed by atoms with E-state index in [2.05, 4.69) is 17.1 Å². The molecule has 0 aromatic carbocycles. The third-order valence-corrected chi connectivity index (χ3v) is 3.65. The highest BCUT2D eigenvalue weighted by molar-refractivity contribution is 6.07. The molecule has 0 amide bonds. The van der Waals surface area contributed by atoms with Gasteiger partial charge in [-0.2, -0.15) is 0 Å². The molecule has 1 fully saturated rings. The normalized spacial score (nSPS) is 28.0. The lowest BCUT2D eigenvalue weighted by Gasteiger charge is -1.96. The molecule has 0 N–H and O–H groups in total. The molecule has 1 aliphatic heterocycles. The molecule has 2 bridgehead atoms. The molecule has 2 nitrogen and oxygen atoms in total. The van der Waals surface area contributed by atoms with Crippen LogP contribution in [-0.4, -0.2) is 11.7 Å². The third-order valence-electron chi connectivity index (χ3n) is 3.65. The maximum atomic E-state index is 10.4.